The zero-order chi connectivity index (χ0) is 15.1. The van der Waals surface area contributed by atoms with Gasteiger partial charge in [-0.25, -0.2) is 4.79 Å². The number of aliphatic hydroxyl groups is 1. The zero-order valence-corrected chi connectivity index (χ0v) is 12.1. The van der Waals surface area contributed by atoms with E-state index in [2.05, 4.69) is 11.3 Å². The molecule has 2 rings (SSSR count). The van der Waals surface area contributed by atoms with E-state index in [4.69, 9.17) is 0 Å². The predicted octanol–water partition coefficient (Wildman–Crippen LogP) is 1.95. The largest absolute Gasteiger partial charge is 0.466 e. The van der Waals surface area contributed by atoms with Crippen molar-refractivity contribution in [3.63, 3.8) is 0 Å². The van der Waals surface area contributed by atoms with E-state index in [1.165, 1.54) is 7.11 Å². The first-order valence-electron chi connectivity index (χ1n) is 6.69. The molecule has 1 fully saturated rings. The Kier molecular flexibility index (Phi) is 3.69. The van der Waals surface area contributed by atoms with Crippen molar-refractivity contribution in [1.82, 2.24) is 0 Å². The molecule has 0 radical (unpaired) electrons. The third-order valence-electron chi connectivity index (χ3n) is 4.53. The summed E-state index contributed by atoms with van der Waals surface area (Å²) >= 11 is 0. The number of hydrogen-bond donors (Lipinski definition) is 1. The molecule has 3 atom stereocenters. The summed E-state index contributed by atoms with van der Waals surface area (Å²) in [6.45, 7) is 7.55. The van der Waals surface area contributed by atoms with Gasteiger partial charge in [-0.1, -0.05) is 25.2 Å². The maximum absolute atomic E-state index is 11.8. The molecular formula is C16H20O4. The molecule has 2 aliphatic carbocycles. The van der Waals surface area contributed by atoms with Crippen LogP contribution in [0.3, 0.4) is 0 Å². The Morgan fingerprint density at radius 1 is 1.55 bits per heavy atom. The molecule has 0 unspecified atom stereocenters. The van der Waals surface area contributed by atoms with Crippen LogP contribution in [-0.4, -0.2) is 30.1 Å². The first kappa shape index (κ1) is 14.7. The molecular weight excluding hydrogens is 256 g/mol. The molecule has 0 amide bonds. The molecule has 0 aliphatic heterocycles. The van der Waals surface area contributed by atoms with Crippen LogP contribution in [0.25, 0.3) is 0 Å². The van der Waals surface area contributed by atoms with E-state index >= 15 is 0 Å². The minimum Gasteiger partial charge on any atom is -0.466 e. The van der Waals surface area contributed by atoms with Crippen LogP contribution >= 0.6 is 0 Å². The normalized spacial score (nSPS) is 32.9. The maximum Gasteiger partial charge on any atom is 0.333 e. The summed E-state index contributed by atoms with van der Waals surface area (Å²) in [6, 6.07) is 0. The standard InChI is InChI=1S/C16H20O4/c1-9(15(19)20-4)11-7-12-10(2)13(17)5-6-16(12,3)8-14(11)18/h5-6,11,14,18H,1,7-8H2,2-4H3/t11-,14-,16-/m1/s1. The number of esters is 1. The van der Waals surface area contributed by atoms with Crippen LogP contribution in [0.4, 0.5) is 0 Å². The lowest BCUT2D eigenvalue weighted by Crippen LogP contribution is -2.40. The smallest absolute Gasteiger partial charge is 0.333 e. The van der Waals surface area contributed by atoms with Crippen LogP contribution in [0.15, 0.2) is 35.5 Å². The van der Waals surface area contributed by atoms with Crippen molar-refractivity contribution in [2.45, 2.75) is 32.8 Å². The van der Waals surface area contributed by atoms with Gasteiger partial charge in [-0.3, -0.25) is 4.79 Å². The van der Waals surface area contributed by atoms with Gasteiger partial charge < -0.3 is 9.84 Å². The third kappa shape index (κ3) is 2.24. The molecule has 2 aliphatic rings. The van der Waals surface area contributed by atoms with Gasteiger partial charge in [0.1, 0.15) is 0 Å². The number of aliphatic hydroxyl groups excluding tert-OH is 1. The van der Waals surface area contributed by atoms with Crippen molar-refractivity contribution in [1.29, 1.82) is 0 Å². The number of methoxy groups -OCH3 is 1. The highest BCUT2D eigenvalue weighted by atomic mass is 16.5. The van der Waals surface area contributed by atoms with Gasteiger partial charge in [0.05, 0.1) is 13.2 Å². The predicted molar refractivity (Wildman–Crippen MR) is 74.8 cm³/mol. The number of allylic oxidation sites excluding steroid dienone is 4. The fourth-order valence-corrected chi connectivity index (χ4v) is 3.21. The molecule has 0 heterocycles. The topological polar surface area (TPSA) is 63.6 Å². The molecule has 0 aromatic rings. The lowest BCUT2D eigenvalue weighted by atomic mass is 9.62. The summed E-state index contributed by atoms with van der Waals surface area (Å²) in [5.41, 5.74) is 1.66. The maximum atomic E-state index is 11.8. The number of fused-ring (bicyclic) bond motifs is 1. The van der Waals surface area contributed by atoms with E-state index in [1.807, 2.05) is 13.0 Å². The molecule has 4 heteroatoms. The zero-order valence-electron chi connectivity index (χ0n) is 12.1. The number of carbonyl (C=O) groups is 2. The Morgan fingerprint density at radius 3 is 2.80 bits per heavy atom. The second-order valence-corrected chi connectivity index (χ2v) is 5.82. The minimum atomic E-state index is -0.666. The molecule has 1 N–H and O–H groups in total. The highest BCUT2D eigenvalue weighted by Crippen LogP contribution is 2.49. The highest BCUT2D eigenvalue weighted by molar-refractivity contribution is 6.05. The van der Waals surface area contributed by atoms with Gasteiger partial charge in [0.2, 0.25) is 0 Å². The average Bonchev–Trinajstić information content (AvgIpc) is 2.41. The van der Waals surface area contributed by atoms with Gasteiger partial charge in [0.25, 0.3) is 0 Å². The van der Waals surface area contributed by atoms with E-state index in [9.17, 15) is 14.7 Å². The van der Waals surface area contributed by atoms with Crippen molar-refractivity contribution < 1.29 is 19.4 Å². The van der Waals surface area contributed by atoms with E-state index < -0.39 is 12.1 Å². The number of rotatable bonds is 2. The van der Waals surface area contributed by atoms with E-state index in [-0.39, 0.29) is 22.7 Å². The second kappa shape index (κ2) is 5.02. The molecule has 0 bridgehead atoms. The summed E-state index contributed by atoms with van der Waals surface area (Å²) in [5.74, 6) is -0.898. The SMILES string of the molecule is C=C(C(=O)OC)[C@H]1CC2=C(C)C(=O)C=C[C@]2(C)C[C@H]1O. The molecule has 0 spiro atoms. The lowest BCUT2D eigenvalue weighted by Gasteiger charge is -2.43. The van der Waals surface area contributed by atoms with Crippen LogP contribution in [0.1, 0.15) is 26.7 Å². The highest BCUT2D eigenvalue weighted by Gasteiger charge is 2.44. The number of ether oxygens (including phenoxy) is 1. The van der Waals surface area contributed by atoms with Gasteiger partial charge >= 0.3 is 5.97 Å². The Bertz CT molecular complexity index is 541. The van der Waals surface area contributed by atoms with E-state index in [0.29, 0.717) is 18.4 Å². The van der Waals surface area contributed by atoms with Crippen molar-refractivity contribution >= 4 is 11.8 Å². The Labute approximate surface area is 118 Å². The summed E-state index contributed by atoms with van der Waals surface area (Å²) in [7, 11) is 1.30. The molecule has 0 aromatic heterocycles. The first-order chi connectivity index (χ1) is 9.30. The fraction of sp³-hybridized carbons (Fsp3) is 0.500. The van der Waals surface area contributed by atoms with Crippen molar-refractivity contribution in [2.24, 2.45) is 11.3 Å². The molecule has 108 valence electrons. The molecule has 20 heavy (non-hydrogen) atoms. The van der Waals surface area contributed by atoms with Crippen LogP contribution in [0.2, 0.25) is 0 Å². The third-order valence-corrected chi connectivity index (χ3v) is 4.53. The summed E-state index contributed by atoms with van der Waals surface area (Å²) in [6.07, 6.45) is 3.71. The van der Waals surface area contributed by atoms with Crippen molar-refractivity contribution in [2.75, 3.05) is 7.11 Å². The average molecular weight is 276 g/mol. The van der Waals surface area contributed by atoms with Crippen LogP contribution < -0.4 is 0 Å². The lowest BCUT2D eigenvalue weighted by molar-refractivity contribution is -0.137. The van der Waals surface area contributed by atoms with Crippen LogP contribution in [0, 0.1) is 11.3 Å². The summed E-state index contributed by atoms with van der Waals surface area (Å²) < 4.78 is 4.68. The number of hydrogen-bond acceptors (Lipinski definition) is 4. The van der Waals surface area contributed by atoms with Gasteiger partial charge in [-0.2, -0.15) is 0 Å². The quantitative estimate of drug-likeness (QED) is 0.618. The van der Waals surface area contributed by atoms with Gasteiger partial charge in [-0.05, 0) is 31.4 Å². The molecule has 1 saturated carbocycles. The summed E-state index contributed by atoms with van der Waals surface area (Å²) in [5, 5.41) is 10.3. The van der Waals surface area contributed by atoms with Gasteiger partial charge in [0.15, 0.2) is 5.78 Å². The Morgan fingerprint density at radius 2 is 2.20 bits per heavy atom. The Hall–Kier alpha value is -1.68. The first-order valence-corrected chi connectivity index (χ1v) is 6.69. The monoisotopic (exact) mass is 276 g/mol. The molecule has 4 nitrogen and oxygen atoms in total. The van der Waals surface area contributed by atoms with Gasteiger partial charge in [0, 0.05) is 16.9 Å². The summed E-state index contributed by atoms with van der Waals surface area (Å²) in [4.78, 5) is 23.4. The van der Waals surface area contributed by atoms with Crippen LogP contribution in [0.5, 0.6) is 0 Å². The molecule has 0 aromatic carbocycles. The number of carbonyl (C=O) groups excluding carboxylic acids is 2. The van der Waals surface area contributed by atoms with Crippen molar-refractivity contribution in [3.8, 4) is 0 Å². The van der Waals surface area contributed by atoms with Crippen molar-refractivity contribution in [3.05, 3.63) is 35.5 Å². The molecule has 0 saturated heterocycles. The number of ketones is 1. The minimum absolute atomic E-state index is 0.00343. The fourth-order valence-electron chi connectivity index (χ4n) is 3.21. The van der Waals surface area contributed by atoms with Crippen LogP contribution in [-0.2, 0) is 14.3 Å². The van der Waals surface area contributed by atoms with E-state index in [0.717, 1.165) is 5.57 Å². The van der Waals surface area contributed by atoms with E-state index in [1.54, 1.807) is 13.0 Å². The van der Waals surface area contributed by atoms with Gasteiger partial charge in [-0.15, -0.1) is 0 Å². The second-order valence-electron chi connectivity index (χ2n) is 5.82. The Balaban J connectivity index is 2.35.